The second-order valence-corrected chi connectivity index (χ2v) is 4.68. The van der Waals surface area contributed by atoms with Crippen LogP contribution in [0, 0.1) is 0 Å². The average molecular weight is 275 g/mol. The summed E-state index contributed by atoms with van der Waals surface area (Å²) in [6.07, 6.45) is 1.52. The van der Waals surface area contributed by atoms with Crippen molar-refractivity contribution >= 4 is 0 Å². The molecule has 108 valence electrons. The summed E-state index contributed by atoms with van der Waals surface area (Å²) in [6, 6.07) is 10.4. The van der Waals surface area contributed by atoms with Crippen molar-refractivity contribution in [1.82, 2.24) is 15.5 Å². The van der Waals surface area contributed by atoms with E-state index in [0.717, 1.165) is 17.8 Å². The predicted molar refractivity (Wildman–Crippen MR) is 78.1 cm³/mol. The molecule has 0 bridgehead atoms. The number of ether oxygens (including phenoxy) is 2. The topological polar surface area (TPSA) is 59.2 Å². The lowest BCUT2D eigenvalue weighted by Gasteiger charge is -2.22. The smallest absolute Gasteiger partial charge is 0.171 e. The standard InChI is InChI=1S/C15H21N3O2/c1-11(15(19-2)20-3)16-10-12-4-6-13(7-5-12)14-8-9-17-18-14/h4-9,11,15-16H,10H2,1-3H3,(H,17,18). The summed E-state index contributed by atoms with van der Waals surface area (Å²) >= 11 is 0. The van der Waals surface area contributed by atoms with Crippen LogP contribution < -0.4 is 5.32 Å². The molecule has 0 saturated heterocycles. The molecule has 0 spiro atoms. The molecule has 2 N–H and O–H groups in total. The Morgan fingerprint density at radius 1 is 1.15 bits per heavy atom. The summed E-state index contributed by atoms with van der Waals surface area (Å²) in [5.74, 6) is 0. The Morgan fingerprint density at radius 2 is 1.85 bits per heavy atom. The number of rotatable bonds is 7. The molecule has 0 aliphatic rings. The highest BCUT2D eigenvalue weighted by atomic mass is 16.7. The van der Waals surface area contributed by atoms with Crippen LogP contribution in [0.25, 0.3) is 11.3 Å². The van der Waals surface area contributed by atoms with E-state index in [-0.39, 0.29) is 12.3 Å². The number of aromatic amines is 1. The number of aromatic nitrogens is 2. The molecule has 1 unspecified atom stereocenters. The third kappa shape index (κ3) is 3.66. The second-order valence-electron chi connectivity index (χ2n) is 4.68. The van der Waals surface area contributed by atoms with Crippen molar-refractivity contribution in [2.45, 2.75) is 25.8 Å². The number of nitrogens with one attached hydrogen (secondary N) is 2. The molecule has 5 heteroatoms. The third-order valence-electron chi connectivity index (χ3n) is 3.27. The Balaban J connectivity index is 1.91. The minimum atomic E-state index is -0.237. The molecule has 0 aliphatic heterocycles. The molecular formula is C15H21N3O2. The third-order valence-corrected chi connectivity index (χ3v) is 3.27. The van der Waals surface area contributed by atoms with Crippen molar-refractivity contribution in [3.8, 4) is 11.3 Å². The van der Waals surface area contributed by atoms with Gasteiger partial charge < -0.3 is 14.8 Å². The van der Waals surface area contributed by atoms with Gasteiger partial charge in [-0.2, -0.15) is 5.10 Å². The molecule has 1 aromatic carbocycles. The number of benzene rings is 1. The average Bonchev–Trinajstić information content (AvgIpc) is 3.01. The predicted octanol–water partition coefficient (Wildman–Crippen LogP) is 2.17. The van der Waals surface area contributed by atoms with Gasteiger partial charge in [0.25, 0.3) is 0 Å². The Bertz CT molecular complexity index is 492. The first kappa shape index (κ1) is 14.7. The van der Waals surface area contributed by atoms with Gasteiger partial charge in [-0.05, 0) is 24.1 Å². The minimum Gasteiger partial charge on any atom is -0.354 e. The Morgan fingerprint density at radius 3 is 2.40 bits per heavy atom. The van der Waals surface area contributed by atoms with Crippen LogP contribution in [0.5, 0.6) is 0 Å². The Kier molecular flexibility index (Phi) is 5.29. The van der Waals surface area contributed by atoms with Crippen LogP contribution in [0.1, 0.15) is 12.5 Å². The normalized spacial score (nSPS) is 12.8. The number of nitrogens with zero attached hydrogens (tertiary/aromatic N) is 1. The van der Waals surface area contributed by atoms with E-state index in [0.29, 0.717) is 0 Å². The van der Waals surface area contributed by atoms with Crippen LogP contribution in [0.4, 0.5) is 0 Å². The minimum absolute atomic E-state index is 0.122. The summed E-state index contributed by atoms with van der Waals surface area (Å²) < 4.78 is 10.4. The maximum Gasteiger partial charge on any atom is 0.171 e. The molecule has 20 heavy (non-hydrogen) atoms. The number of hydrogen-bond donors (Lipinski definition) is 2. The zero-order valence-corrected chi connectivity index (χ0v) is 12.1. The fraction of sp³-hybridized carbons (Fsp3) is 0.400. The SMILES string of the molecule is COC(OC)C(C)NCc1ccc(-c2ccn[nH]2)cc1. The van der Waals surface area contributed by atoms with Crippen LogP contribution >= 0.6 is 0 Å². The van der Waals surface area contributed by atoms with Crippen molar-refractivity contribution in [3.05, 3.63) is 42.1 Å². The van der Waals surface area contributed by atoms with Gasteiger partial charge in [0.1, 0.15) is 0 Å². The van der Waals surface area contributed by atoms with E-state index in [1.165, 1.54) is 5.56 Å². The van der Waals surface area contributed by atoms with Crippen molar-refractivity contribution in [2.75, 3.05) is 14.2 Å². The number of methoxy groups -OCH3 is 2. The molecular weight excluding hydrogens is 254 g/mol. The van der Waals surface area contributed by atoms with Gasteiger partial charge in [-0.15, -0.1) is 0 Å². The van der Waals surface area contributed by atoms with E-state index in [1.807, 2.05) is 13.0 Å². The fourth-order valence-corrected chi connectivity index (χ4v) is 2.10. The quantitative estimate of drug-likeness (QED) is 0.760. The van der Waals surface area contributed by atoms with E-state index in [4.69, 9.17) is 9.47 Å². The highest BCUT2D eigenvalue weighted by molar-refractivity contribution is 5.58. The van der Waals surface area contributed by atoms with Crippen LogP contribution in [-0.2, 0) is 16.0 Å². The molecule has 0 fully saturated rings. The summed E-state index contributed by atoms with van der Waals surface area (Å²) in [5, 5.41) is 10.3. The van der Waals surface area contributed by atoms with E-state index < -0.39 is 0 Å². The van der Waals surface area contributed by atoms with Crippen LogP contribution in [0.2, 0.25) is 0 Å². The second kappa shape index (κ2) is 7.19. The first-order valence-corrected chi connectivity index (χ1v) is 6.62. The molecule has 0 amide bonds. The Labute approximate surface area is 119 Å². The highest BCUT2D eigenvalue weighted by Gasteiger charge is 2.14. The van der Waals surface area contributed by atoms with Crippen LogP contribution in [0.3, 0.4) is 0 Å². The van der Waals surface area contributed by atoms with Crippen molar-refractivity contribution in [2.24, 2.45) is 0 Å². The van der Waals surface area contributed by atoms with E-state index >= 15 is 0 Å². The highest BCUT2D eigenvalue weighted by Crippen LogP contribution is 2.16. The van der Waals surface area contributed by atoms with Crippen molar-refractivity contribution < 1.29 is 9.47 Å². The summed E-state index contributed by atoms with van der Waals surface area (Å²) in [5.41, 5.74) is 3.37. The van der Waals surface area contributed by atoms with E-state index in [9.17, 15) is 0 Å². The molecule has 2 aromatic rings. The molecule has 1 atom stereocenters. The molecule has 2 rings (SSSR count). The lowest BCUT2D eigenvalue weighted by atomic mass is 10.1. The maximum atomic E-state index is 5.22. The van der Waals surface area contributed by atoms with Gasteiger partial charge in [-0.25, -0.2) is 0 Å². The number of hydrogen-bond acceptors (Lipinski definition) is 4. The molecule has 5 nitrogen and oxygen atoms in total. The molecule has 0 saturated carbocycles. The fourth-order valence-electron chi connectivity index (χ4n) is 2.10. The first-order chi connectivity index (χ1) is 9.74. The molecule has 1 heterocycles. The van der Waals surface area contributed by atoms with Crippen molar-refractivity contribution in [3.63, 3.8) is 0 Å². The lowest BCUT2D eigenvalue weighted by molar-refractivity contribution is -0.119. The van der Waals surface area contributed by atoms with Gasteiger partial charge in [0.2, 0.25) is 0 Å². The summed E-state index contributed by atoms with van der Waals surface area (Å²) in [6.45, 7) is 2.81. The summed E-state index contributed by atoms with van der Waals surface area (Å²) in [7, 11) is 3.29. The zero-order chi connectivity index (χ0) is 14.4. The number of H-pyrrole nitrogens is 1. The van der Waals surface area contributed by atoms with Crippen molar-refractivity contribution in [1.29, 1.82) is 0 Å². The van der Waals surface area contributed by atoms with Crippen LogP contribution in [-0.4, -0.2) is 36.7 Å². The van der Waals surface area contributed by atoms with Gasteiger partial charge in [0, 0.05) is 27.0 Å². The largest absolute Gasteiger partial charge is 0.354 e. The van der Waals surface area contributed by atoms with Gasteiger partial charge in [0.05, 0.1) is 11.7 Å². The molecule has 0 aliphatic carbocycles. The Hall–Kier alpha value is -1.69. The molecule has 1 aromatic heterocycles. The first-order valence-electron chi connectivity index (χ1n) is 6.62. The zero-order valence-electron chi connectivity index (χ0n) is 12.1. The van der Waals surface area contributed by atoms with Gasteiger partial charge in [-0.3, -0.25) is 5.10 Å². The van der Waals surface area contributed by atoms with E-state index in [2.05, 4.69) is 39.8 Å². The maximum absolute atomic E-state index is 5.22. The molecule has 0 radical (unpaired) electrons. The monoisotopic (exact) mass is 275 g/mol. The van der Waals surface area contributed by atoms with E-state index in [1.54, 1.807) is 20.4 Å². The summed E-state index contributed by atoms with van der Waals surface area (Å²) in [4.78, 5) is 0. The van der Waals surface area contributed by atoms with Crippen LogP contribution in [0.15, 0.2) is 36.5 Å². The lowest BCUT2D eigenvalue weighted by Crippen LogP contribution is -2.39. The van der Waals surface area contributed by atoms with Gasteiger partial charge in [-0.1, -0.05) is 24.3 Å². The van der Waals surface area contributed by atoms with Gasteiger partial charge in [0.15, 0.2) is 6.29 Å². The van der Waals surface area contributed by atoms with Gasteiger partial charge >= 0.3 is 0 Å².